The average molecular weight is 308 g/mol. The van der Waals surface area contributed by atoms with Gasteiger partial charge in [0.2, 0.25) is 6.79 Å². The molecule has 1 N–H and O–H groups in total. The third-order valence-corrected chi connectivity index (χ3v) is 3.79. The van der Waals surface area contributed by atoms with Crippen LogP contribution in [0.4, 0.5) is 10.1 Å². The molecule has 1 aliphatic rings. The molecule has 0 aliphatic carbocycles. The van der Waals surface area contributed by atoms with Gasteiger partial charge in [-0.05, 0) is 24.1 Å². The molecule has 0 fully saturated rings. The molecular weight excluding hydrogens is 293 g/mol. The molecule has 2 aromatic carbocycles. The van der Waals surface area contributed by atoms with E-state index >= 15 is 0 Å². The summed E-state index contributed by atoms with van der Waals surface area (Å²) in [5.41, 5.74) is 1.78. The first-order valence-corrected chi connectivity index (χ1v) is 7.16. The van der Waals surface area contributed by atoms with Crippen LogP contribution in [-0.2, 0) is 0 Å². The third-order valence-electron chi connectivity index (χ3n) is 3.47. The summed E-state index contributed by atoms with van der Waals surface area (Å²) in [6, 6.07) is 10.1. The highest BCUT2D eigenvalue weighted by molar-refractivity contribution is 6.33. The second kappa shape index (κ2) is 5.82. The smallest absolute Gasteiger partial charge is 0.231 e. The van der Waals surface area contributed by atoms with Crippen LogP contribution in [0.3, 0.4) is 0 Å². The third kappa shape index (κ3) is 2.90. The van der Waals surface area contributed by atoms with Crippen molar-refractivity contribution >= 4 is 17.3 Å². The van der Waals surface area contributed by atoms with E-state index < -0.39 is 0 Å². The Bertz CT molecular complexity index is 645. The fraction of sp³-hybridized carbons (Fsp3) is 0.250. The fourth-order valence-corrected chi connectivity index (χ4v) is 2.54. The Hall–Kier alpha value is -1.94. The molecule has 1 unspecified atom stereocenters. The van der Waals surface area contributed by atoms with Crippen LogP contribution in [0.15, 0.2) is 36.4 Å². The number of hydrogen-bond donors (Lipinski definition) is 1. The summed E-state index contributed by atoms with van der Waals surface area (Å²) in [6.45, 7) is 2.27. The van der Waals surface area contributed by atoms with Crippen molar-refractivity contribution in [1.82, 2.24) is 0 Å². The lowest BCUT2D eigenvalue weighted by Crippen LogP contribution is -2.10. The molecule has 0 aromatic heterocycles. The van der Waals surface area contributed by atoms with Gasteiger partial charge < -0.3 is 14.8 Å². The number of fused-ring (bicyclic) bond motifs is 1. The van der Waals surface area contributed by atoms with Gasteiger partial charge in [-0.15, -0.1) is 0 Å². The Morgan fingerprint density at radius 1 is 1.19 bits per heavy atom. The fourth-order valence-electron chi connectivity index (χ4n) is 2.33. The maximum atomic E-state index is 13.0. The molecule has 3 rings (SSSR count). The van der Waals surface area contributed by atoms with E-state index in [9.17, 15) is 4.39 Å². The summed E-state index contributed by atoms with van der Waals surface area (Å²) < 4.78 is 23.7. The molecule has 3 nitrogen and oxygen atoms in total. The first-order chi connectivity index (χ1) is 10.2. The van der Waals surface area contributed by atoms with Crippen molar-refractivity contribution in [2.24, 2.45) is 0 Å². The lowest BCUT2D eigenvalue weighted by molar-refractivity contribution is 0.174. The normalized spacial score (nSPS) is 14.0. The first kappa shape index (κ1) is 14.0. The monoisotopic (exact) mass is 307 g/mol. The van der Waals surface area contributed by atoms with Gasteiger partial charge in [0, 0.05) is 12.1 Å². The minimum absolute atomic E-state index is 0.0449. The van der Waals surface area contributed by atoms with Crippen LogP contribution in [0.1, 0.15) is 24.9 Å². The predicted molar refractivity (Wildman–Crippen MR) is 80.6 cm³/mol. The van der Waals surface area contributed by atoms with E-state index in [1.165, 1.54) is 12.1 Å². The van der Waals surface area contributed by atoms with Gasteiger partial charge in [-0.1, -0.05) is 30.7 Å². The van der Waals surface area contributed by atoms with Crippen LogP contribution < -0.4 is 14.8 Å². The molecule has 1 heterocycles. The van der Waals surface area contributed by atoms with Crippen molar-refractivity contribution < 1.29 is 13.9 Å². The van der Waals surface area contributed by atoms with Gasteiger partial charge >= 0.3 is 0 Å². The number of hydrogen-bond acceptors (Lipinski definition) is 3. The summed E-state index contributed by atoms with van der Waals surface area (Å²) in [5.74, 6) is 1.09. The van der Waals surface area contributed by atoms with Crippen LogP contribution in [0.5, 0.6) is 11.5 Å². The maximum Gasteiger partial charge on any atom is 0.231 e. The number of ether oxygens (including phenoxy) is 2. The van der Waals surface area contributed by atoms with E-state index in [1.807, 2.05) is 6.07 Å². The van der Waals surface area contributed by atoms with Crippen molar-refractivity contribution in [3.05, 3.63) is 52.8 Å². The predicted octanol–water partition coefficient (Wildman–Crippen LogP) is 4.77. The van der Waals surface area contributed by atoms with Gasteiger partial charge in [0.1, 0.15) is 5.82 Å². The van der Waals surface area contributed by atoms with Gasteiger partial charge in [0.05, 0.1) is 16.8 Å². The van der Waals surface area contributed by atoms with Crippen molar-refractivity contribution in [1.29, 1.82) is 0 Å². The van der Waals surface area contributed by atoms with Crippen molar-refractivity contribution in [2.45, 2.75) is 19.4 Å². The van der Waals surface area contributed by atoms with Crippen LogP contribution in [0.2, 0.25) is 5.02 Å². The Kier molecular flexibility index (Phi) is 3.88. The first-order valence-electron chi connectivity index (χ1n) is 6.78. The van der Waals surface area contributed by atoms with Crippen LogP contribution in [0.25, 0.3) is 0 Å². The highest BCUT2D eigenvalue weighted by Crippen LogP contribution is 2.40. The topological polar surface area (TPSA) is 30.5 Å². The Labute approximate surface area is 127 Å². The van der Waals surface area contributed by atoms with E-state index in [4.69, 9.17) is 21.1 Å². The van der Waals surface area contributed by atoms with Crippen molar-refractivity contribution in [2.75, 3.05) is 12.1 Å². The van der Waals surface area contributed by atoms with Gasteiger partial charge in [0.15, 0.2) is 11.5 Å². The number of anilines is 1. The summed E-state index contributed by atoms with van der Waals surface area (Å²) in [6.07, 6.45) is 0.844. The Morgan fingerprint density at radius 2 is 1.86 bits per heavy atom. The quantitative estimate of drug-likeness (QED) is 0.882. The molecule has 0 bridgehead atoms. The van der Waals surface area contributed by atoms with Gasteiger partial charge in [-0.2, -0.15) is 0 Å². The molecule has 0 radical (unpaired) electrons. The molecule has 21 heavy (non-hydrogen) atoms. The van der Waals surface area contributed by atoms with E-state index in [1.54, 1.807) is 18.2 Å². The summed E-state index contributed by atoms with van der Waals surface area (Å²) >= 11 is 6.26. The standard InChI is InChI=1S/C16H15ClFNO2/c1-2-13(10-3-5-11(18)6-4-10)19-14-8-16-15(7-12(14)17)20-9-21-16/h3-8,13,19H,2,9H2,1H3. The summed E-state index contributed by atoms with van der Waals surface area (Å²) in [4.78, 5) is 0. The lowest BCUT2D eigenvalue weighted by atomic mass is 10.0. The zero-order chi connectivity index (χ0) is 14.8. The molecule has 110 valence electrons. The van der Waals surface area contributed by atoms with Crippen molar-refractivity contribution in [3.8, 4) is 11.5 Å². The SMILES string of the molecule is CCC(Nc1cc2c(cc1Cl)OCO2)c1ccc(F)cc1. The molecule has 0 amide bonds. The maximum absolute atomic E-state index is 13.0. The zero-order valence-corrected chi connectivity index (χ0v) is 12.3. The molecule has 0 spiro atoms. The van der Waals surface area contributed by atoms with Gasteiger partial charge in [-0.25, -0.2) is 4.39 Å². The van der Waals surface area contributed by atoms with Gasteiger partial charge in [0.25, 0.3) is 0 Å². The molecule has 5 heteroatoms. The van der Waals surface area contributed by atoms with Crippen molar-refractivity contribution in [3.63, 3.8) is 0 Å². The van der Waals surface area contributed by atoms with E-state index in [2.05, 4.69) is 12.2 Å². The second-order valence-corrected chi connectivity index (χ2v) is 5.25. The lowest BCUT2D eigenvalue weighted by Gasteiger charge is -2.20. The Morgan fingerprint density at radius 3 is 2.52 bits per heavy atom. The number of benzene rings is 2. The molecule has 1 aliphatic heterocycles. The second-order valence-electron chi connectivity index (χ2n) is 4.84. The Balaban J connectivity index is 1.85. The molecule has 2 aromatic rings. The minimum atomic E-state index is -0.241. The molecule has 1 atom stereocenters. The minimum Gasteiger partial charge on any atom is -0.454 e. The van der Waals surface area contributed by atoms with Crippen LogP contribution in [-0.4, -0.2) is 6.79 Å². The molecular formula is C16H15ClFNO2. The summed E-state index contributed by atoms with van der Waals surface area (Å²) in [5, 5.41) is 3.94. The molecule has 0 saturated carbocycles. The van der Waals surface area contributed by atoms with E-state index in [0.29, 0.717) is 16.5 Å². The van der Waals surface area contributed by atoms with Crippen LogP contribution >= 0.6 is 11.6 Å². The number of rotatable bonds is 4. The highest BCUT2D eigenvalue weighted by Gasteiger charge is 2.18. The summed E-state index contributed by atoms with van der Waals surface area (Å²) in [7, 11) is 0. The van der Waals surface area contributed by atoms with Crippen LogP contribution in [0, 0.1) is 5.82 Å². The van der Waals surface area contributed by atoms with E-state index in [-0.39, 0.29) is 18.7 Å². The highest BCUT2D eigenvalue weighted by atomic mass is 35.5. The molecule has 0 saturated heterocycles. The zero-order valence-electron chi connectivity index (χ0n) is 11.5. The average Bonchev–Trinajstić information content (AvgIpc) is 2.93. The number of halogens is 2. The largest absolute Gasteiger partial charge is 0.454 e. The van der Waals surface area contributed by atoms with E-state index in [0.717, 1.165) is 17.7 Å². The van der Waals surface area contributed by atoms with Gasteiger partial charge in [-0.3, -0.25) is 0 Å². The number of nitrogens with one attached hydrogen (secondary N) is 1.